The predicted molar refractivity (Wildman–Crippen MR) is 64.4 cm³/mol. The molecular formula is C10H12BrN3O2. The first-order valence-electron chi connectivity index (χ1n) is 5.20. The van der Waals surface area contributed by atoms with Crippen molar-refractivity contribution >= 4 is 27.3 Å². The van der Waals surface area contributed by atoms with Crippen LogP contribution >= 0.6 is 15.9 Å². The summed E-state index contributed by atoms with van der Waals surface area (Å²) in [6.07, 6.45) is 6.49. The Bertz CT molecular complexity index is 407. The highest BCUT2D eigenvalue weighted by atomic mass is 79.9. The standard InChI is InChI=1S/C10H12BrN3O2/c11-8-5-12-6-9(14(15)16)10(8)13-4-3-7-1-2-7/h5-7H,1-4H2,(H,12,13). The molecular weight excluding hydrogens is 274 g/mol. The van der Waals surface area contributed by atoms with Crippen LogP contribution in [0.1, 0.15) is 19.3 Å². The molecule has 0 aromatic carbocycles. The number of nitrogens with zero attached hydrogens (tertiary/aromatic N) is 2. The maximum absolute atomic E-state index is 10.8. The van der Waals surface area contributed by atoms with Crippen molar-refractivity contribution in [1.29, 1.82) is 0 Å². The molecule has 1 aromatic rings. The van der Waals surface area contributed by atoms with Gasteiger partial charge in [0.05, 0.1) is 9.40 Å². The molecule has 0 saturated heterocycles. The summed E-state index contributed by atoms with van der Waals surface area (Å²) >= 11 is 3.27. The Morgan fingerprint density at radius 2 is 2.31 bits per heavy atom. The maximum atomic E-state index is 10.8. The summed E-state index contributed by atoms with van der Waals surface area (Å²) in [5.74, 6) is 0.812. The van der Waals surface area contributed by atoms with Crippen molar-refractivity contribution in [3.63, 3.8) is 0 Å². The first kappa shape index (κ1) is 11.3. The number of hydrogen-bond donors (Lipinski definition) is 1. The van der Waals surface area contributed by atoms with Crippen LogP contribution in [0.3, 0.4) is 0 Å². The third-order valence-electron chi connectivity index (χ3n) is 2.63. The van der Waals surface area contributed by atoms with Gasteiger partial charge in [-0.15, -0.1) is 0 Å². The summed E-state index contributed by atoms with van der Waals surface area (Å²) in [7, 11) is 0. The van der Waals surface area contributed by atoms with Crippen LogP contribution in [0.25, 0.3) is 0 Å². The highest BCUT2D eigenvalue weighted by Crippen LogP contribution is 2.34. The Kier molecular flexibility index (Phi) is 3.38. The average Bonchev–Trinajstić information content (AvgIpc) is 3.04. The highest BCUT2D eigenvalue weighted by molar-refractivity contribution is 9.10. The van der Waals surface area contributed by atoms with Gasteiger partial charge in [0.25, 0.3) is 0 Å². The van der Waals surface area contributed by atoms with Gasteiger partial charge >= 0.3 is 5.69 Å². The Labute approximate surface area is 102 Å². The molecule has 0 aliphatic heterocycles. The number of anilines is 1. The van der Waals surface area contributed by atoms with E-state index in [2.05, 4.69) is 26.2 Å². The molecule has 0 bridgehead atoms. The Morgan fingerprint density at radius 3 is 2.94 bits per heavy atom. The maximum Gasteiger partial charge on any atom is 0.311 e. The molecule has 0 amide bonds. The third-order valence-corrected chi connectivity index (χ3v) is 3.23. The van der Waals surface area contributed by atoms with Crippen molar-refractivity contribution in [3.8, 4) is 0 Å². The third kappa shape index (κ3) is 2.69. The van der Waals surface area contributed by atoms with E-state index in [1.807, 2.05) is 0 Å². The lowest BCUT2D eigenvalue weighted by atomic mass is 10.3. The summed E-state index contributed by atoms with van der Waals surface area (Å²) in [5.41, 5.74) is 0.547. The Morgan fingerprint density at radius 1 is 1.56 bits per heavy atom. The van der Waals surface area contributed by atoms with Gasteiger partial charge in [-0.25, -0.2) is 0 Å². The topological polar surface area (TPSA) is 68.1 Å². The molecule has 0 unspecified atom stereocenters. The van der Waals surface area contributed by atoms with Gasteiger partial charge in [-0.05, 0) is 28.3 Å². The second kappa shape index (κ2) is 4.78. The van der Waals surface area contributed by atoms with Crippen molar-refractivity contribution in [2.75, 3.05) is 11.9 Å². The zero-order chi connectivity index (χ0) is 11.5. The quantitative estimate of drug-likeness (QED) is 0.667. The number of halogens is 1. The van der Waals surface area contributed by atoms with E-state index in [0.29, 0.717) is 10.2 Å². The molecule has 5 nitrogen and oxygen atoms in total. The summed E-state index contributed by atoms with van der Waals surface area (Å²) in [6, 6.07) is 0. The van der Waals surface area contributed by atoms with Crippen LogP contribution in [0, 0.1) is 16.0 Å². The second-order valence-corrected chi connectivity index (χ2v) is 4.79. The monoisotopic (exact) mass is 285 g/mol. The second-order valence-electron chi connectivity index (χ2n) is 3.93. The molecule has 16 heavy (non-hydrogen) atoms. The van der Waals surface area contributed by atoms with Gasteiger partial charge in [-0.3, -0.25) is 15.1 Å². The Hall–Kier alpha value is -1.17. The van der Waals surface area contributed by atoms with Crippen LogP contribution < -0.4 is 5.32 Å². The van der Waals surface area contributed by atoms with Gasteiger partial charge in [0.15, 0.2) is 0 Å². The van der Waals surface area contributed by atoms with Gasteiger partial charge in [0.1, 0.15) is 11.9 Å². The smallest absolute Gasteiger partial charge is 0.311 e. The number of pyridine rings is 1. The van der Waals surface area contributed by atoms with Crippen molar-refractivity contribution < 1.29 is 4.92 Å². The fraction of sp³-hybridized carbons (Fsp3) is 0.500. The van der Waals surface area contributed by atoms with Crippen LogP contribution in [0.4, 0.5) is 11.4 Å². The fourth-order valence-corrected chi connectivity index (χ4v) is 2.01. The van der Waals surface area contributed by atoms with Gasteiger partial charge < -0.3 is 5.32 Å². The van der Waals surface area contributed by atoms with Gasteiger partial charge in [0, 0.05) is 12.7 Å². The number of nitrogens with one attached hydrogen (secondary N) is 1. The van der Waals surface area contributed by atoms with Crippen LogP contribution in [-0.4, -0.2) is 16.5 Å². The molecule has 6 heteroatoms. The molecule has 2 rings (SSSR count). The summed E-state index contributed by atoms with van der Waals surface area (Å²) < 4.78 is 0.637. The van der Waals surface area contributed by atoms with Crippen molar-refractivity contribution in [3.05, 3.63) is 27.0 Å². The van der Waals surface area contributed by atoms with Gasteiger partial charge in [0.2, 0.25) is 0 Å². The molecule has 1 aromatic heterocycles. The van der Waals surface area contributed by atoms with Crippen molar-refractivity contribution in [2.24, 2.45) is 5.92 Å². The molecule has 1 N–H and O–H groups in total. The van der Waals surface area contributed by atoms with E-state index < -0.39 is 4.92 Å². The van der Waals surface area contributed by atoms with E-state index in [1.165, 1.54) is 19.0 Å². The van der Waals surface area contributed by atoms with E-state index in [9.17, 15) is 10.1 Å². The molecule has 86 valence electrons. The predicted octanol–water partition coefficient (Wildman–Crippen LogP) is 2.96. The molecule has 1 fully saturated rings. The van der Waals surface area contributed by atoms with E-state index in [1.54, 1.807) is 6.20 Å². The van der Waals surface area contributed by atoms with E-state index >= 15 is 0 Å². The Balaban J connectivity index is 2.06. The summed E-state index contributed by atoms with van der Waals surface area (Å²) in [4.78, 5) is 14.2. The molecule has 1 heterocycles. The van der Waals surface area contributed by atoms with Crippen LogP contribution in [-0.2, 0) is 0 Å². The van der Waals surface area contributed by atoms with E-state index in [4.69, 9.17) is 0 Å². The number of hydrogen-bond acceptors (Lipinski definition) is 4. The molecule has 0 spiro atoms. The SMILES string of the molecule is O=[N+]([O-])c1cncc(Br)c1NCCC1CC1. The lowest BCUT2D eigenvalue weighted by Gasteiger charge is -2.07. The van der Waals surface area contributed by atoms with Crippen LogP contribution in [0.2, 0.25) is 0 Å². The minimum atomic E-state index is -0.419. The minimum absolute atomic E-state index is 0.0187. The van der Waals surface area contributed by atoms with Crippen molar-refractivity contribution in [2.45, 2.75) is 19.3 Å². The summed E-state index contributed by atoms with van der Waals surface area (Å²) in [5, 5.41) is 13.9. The molecule has 1 aliphatic rings. The molecule has 1 saturated carbocycles. The summed E-state index contributed by atoms with van der Waals surface area (Å²) in [6.45, 7) is 0.772. The number of aromatic nitrogens is 1. The zero-order valence-electron chi connectivity index (χ0n) is 8.65. The highest BCUT2D eigenvalue weighted by Gasteiger charge is 2.22. The first-order chi connectivity index (χ1) is 7.68. The molecule has 0 radical (unpaired) electrons. The average molecular weight is 286 g/mol. The first-order valence-corrected chi connectivity index (χ1v) is 5.99. The zero-order valence-corrected chi connectivity index (χ0v) is 10.2. The van der Waals surface area contributed by atoms with E-state index in [0.717, 1.165) is 18.9 Å². The molecule has 0 atom stereocenters. The largest absolute Gasteiger partial charge is 0.378 e. The van der Waals surface area contributed by atoms with E-state index in [-0.39, 0.29) is 5.69 Å². The van der Waals surface area contributed by atoms with Crippen molar-refractivity contribution in [1.82, 2.24) is 4.98 Å². The molecule has 1 aliphatic carbocycles. The lowest BCUT2D eigenvalue weighted by molar-refractivity contribution is -0.384. The minimum Gasteiger partial charge on any atom is -0.378 e. The lowest BCUT2D eigenvalue weighted by Crippen LogP contribution is -2.06. The van der Waals surface area contributed by atoms with Gasteiger partial charge in [-0.2, -0.15) is 0 Å². The normalized spacial score (nSPS) is 14.8. The van der Waals surface area contributed by atoms with Crippen LogP contribution in [0.15, 0.2) is 16.9 Å². The number of nitro groups is 1. The number of rotatable bonds is 5. The van der Waals surface area contributed by atoms with Crippen LogP contribution in [0.5, 0.6) is 0 Å². The van der Waals surface area contributed by atoms with Gasteiger partial charge in [-0.1, -0.05) is 12.8 Å². The fourth-order valence-electron chi connectivity index (χ4n) is 1.55.